The zero-order valence-electron chi connectivity index (χ0n) is 25.4. The zero-order chi connectivity index (χ0) is 28.8. The van der Waals surface area contributed by atoms with Crippen LogP contribution in [0.15, 0.2) is 24.3 Å². The van der Waals surface area contributed by atoms with Crippen molar-refractivity contribution in [3.05, 3.63) is 52.6 Å². The first-order chi connectivity index (χ1) is 19.0. The summed E-state index contributed by atoms with van der Waals surface area (Å²) in [6.45, 7) is 14.3. The van der Waals surface area contributed by atoms with Crippen LogP contribution in [0.4, 0.5) is 4.39 Å². The largest absolute Gasteiger partial charge is 0.480 e. The van der Waals surface area contributed by atoms with Gasteiger partial charge in [-0.15, -0.1) is 0 Å². The van der Waals surface area contributed by atoms with E-state index in [2.05, 4.69) is 34.4 Å². The summed E-state index contributed by atoms with van der Waals surface area (Å²) in [4.78, 5) is 17.2. The fraction of sp³-hybridized carbons (Fsp3) is 0.697. The molecule has 40 heavy (non-hydrogen) atoms. The van der Waals surface area contributed by atoms with Crippen molar-refractivity contribution in [1.82, 2.24) is 19.6 Å². The van der Waals surface area contributed by atoms with Crippen LogP contribution in [0.1, 0.15) is 95.2 Å². The molecule has 5 rings (SSSR count). The summed E-state index contributed by atoms with van der Waals surface area (Å²) in [5.74, 6) is -0.412. The van der Waals surface area contributed by atoms with Crippen LogP contribution in [0.5, 0.6) is 0 Å². The van der Waals surface area contributed by atoms with Crippen molar-refractivity contribution in [2.24, 2.45) is 11.8 Å². The van der Waals surface area contributed by atoms with Crippen LogP contribution < -0.4 is 0 Å². The minimum atomic E-state index is -0.941. The number of rotatable bonds is 9. The molecule has 1 aromatic heterocycles. The van der Waals surface area contributed by atoms with E-state index in [-0.39, 0.29) is 29.1 Å². The van der Waals surface area contributed by atoms with Gasteiger partial charge in [-0.25, -0.2) is 4.39 Å². The van der Waals surface area contributed by atoms with E-state index in [1.165, 1.54) is 42.3 Å². The predicted molar refractivity (Wildman–Crippen MR) is 157 cm³/mol. The van der Waals surface area contributed by atoms with Crippen molar-refractivity contribution in [3.63, 3.8) is 0 Å². The lowest BCUT2D eigenvalue weighted by Gasteiger charge is -2.42. The highest BCUT2D eigenvalue weighted by atomic mass is 19.1. The van der Waals surface area contributed by atoms with Gasteiger partial charge in [0.05, 0.1) is 5.69 Å². The first-order valence-electron chi connectivity index (χ1n) is 15.6. The third kappa shape index (κ3) is 4.91. The molecule has 1 unspecified atom stereocenters. The molecular weight excluding hydrogens is 503 g/mol. The SMILES string of the molecule is CCc1nn(CC)c2c1CCC21CCN(C[C@H]2C[C@H](N(C)C(C)(C(=O)O)C(C)C)C[C@@H]2c2cccc(F)c2)CC1. The number of nitrogens with zero attached hydrogens (tertiary/aromatic N) is 4. The van der Waals surface area contributed by atoms with Gasteiger partial charge in [-0.1, -0.05) is 32.9 Å². The van der Waals surface area contributed by atoms with Crippen LogP contribution in [-0.4, -0.2) is 68.9 Å². The number of aryl methyl sites for hydroxylation is 2. The fourth-order valence-electron chi connectivity index (χ4n) is 8.33. The van der Waals surface area contributed by atoms with E-state index in [0.29, 0.717) is 5.92 Å². The molecule has 2 aliphatic carbocycles. The molecule has 1 saturated carbocycles. The molecule has 2 heterocycles. The predicted octanol–water partition coefficient (Wildman–Crippen LogP) is 5.88. The van der Waals surface area contributed by atoms with Gasteiger partial charge >= 0.3 is 5.97 Å². The minimum Gasteiger partial charge on any atom is -0.480 e. The number of fused-ring (bicyclic) bond motifs is 2. The van der Waals surface area contributed by atoms with E-state index in [4.69, 9.17) is 5.10 Å². The number of aromatic nitrogens is 2. The lowest BCUT2D eigenvalue weighted by atomic mass is 9.75. The van der Waals surface area contributed by atoms with Crippen molar-refractivity contribution in [3.8, 4) is 0 Å². The number of halogens is 1. The van der Waals surface area contributed by atoms with Gasteiger partial charge in [0, 0.05) is 30.2 Å². The van der Waals surface area contributed by atoms with E-state index in [0.717, 1.165) is 57.4 Å². The highest BCUT2D eigenvalue weighted by molar-refractivity contribution is 5.78. The van der Waals surface area contributed by atoms with Crippen LogP contribution >= 0.6 is 0 Å². The molecular formula is C33H49FN4O2. The molecule has 1 aromatic carbocycles. The Bertz CT molecular complexity index is 1220. The van der Waals surface area contributed by atoms with Crippen molar-refractivity contribution in [2.75, 3.05) is 26.7 Å². The third-order valence-corrected chi connectivity index (χ3v) is 11.2. The summed E-state index contributed by atoms with van der Waals surface area (Å²) in [5, 5.41) is 15.2. The molecule has 0 radical (unpaired) electrons. The zero-order valence-corrected chi connectivity index (χ0v) is 25.4. The first-order valence-corrected chi connectivity index (χ1v) is 15.6. The smallest absolute Gasteiger partial charge is 0.324 e. The maximum Gasteiger partial charge on any atom is 0.324 e. The van der Waals surface area contributed by atoms with Gasteiger partial charge in [0.25, 0.3) is 0 Å². The molecule has 1 saturated heterocycles. The van der Waals surface area contributed by atoms with Crippen LogP contribution in [0.25, 0.3) is 0 Å². The Kier molecular flexibility index (Phi) is 8.19. The Balaban J connectivity index is 1.34. The van der Waals surface area contributed by atoms with Crippen LogP contribution in [0, 0.1) is 17.7 Å². The second-order valence-corrected chi connectivity index (χ2v) is 13.3. The first kappa shape index (κ1) is 29.2. The molecule has 7 heteroatoms. The van der Waals surface area contributed by atoms with Gasteiger partial charge in [-0.3, -0.25) is 14.4 Å². The lowest BCUT2D eigenvalue weighted by Crippen LogP contribution is -2.57. The van der Waals surface area contributed by atoms with E-state index in [1.807, 2.05) is 33.9 Å². The van der Waals surface area contributed by atoms with Gasteiger partial charge in [0.2, 0.25) is 0 Å². The molecule has 6 nitrogen and oxygen atoms in total. The van der Waals surface area contributed by atoms with Gasteiger partial charge < -0.3 is 10.0 Å². The standard InChI is InChI=1S/C33H49FN4O2/c1-7-29-27-12-13-33(30(27)38(8-2)35-29)14-16-37(17-15-33)21-24-19-26(36(6)32(5,22(3)4)31(39)40)20-28(24)23-10-9-11-25(34)18-23/h9-11,18,22,24,26,28H,7-8,12-17,19-21H2,1-6H3,(H,39,40)/t24-,26+,28-,32?/m1/s1. The summed E-state index contributed by atoms with van der Waals surface area (Å²) in [7, 11) is 1.98. The minimum absolute atomic E-state index is 0.0268. The summed E-state index contributed by atoms with van der Waals surface area (Å²) >= 11 is 0. The normalized spacial score (nSPS) is 26.1. The number of likely N-dealkylation sites (tertiary alicyclic amines) is 1. The molecule has 1 spiro atoms. The molecule has 2 fully saturated rings. The van der Waals surface area contributed by atoms with Crippen molar-refractivity contribution >= 4 is 5.97 Å². The quantitative estimate of drug-likeness (QED) is 0.421. The summed E-state index contributed by atoms with van der Waals surface area (Å²) in [5.41, 5.74) is 4.71. The molecule has 1 aliphatic heterocycles. The van der Waals surface area contributed by atoms with Crippen molar-refractivity contribution in [1.29, 1.82) is 0 Å². The summed E-state index contributed by atoms with van der Waals surface area (Å²) in [6, 6.07) is 7.23. The van der Waals surface area contributed by atoms with Crippen molar-refractivity contribution < 1.29 is 14.3 Å². The molecule has 220 valence electrons. The number of benzene rings is 1. The molecule has 0 bridgehead atoms. The lowest BCUT2D eigenvalue weighted by molar-refractivity contribution is -0.154. The van der Waals surface area contributed by atoms with E-state index < -0.39 is 11.5 Å². The average Bonchev–Trinajstić information content (AvgIpc) is 3.63. The second kappa shape index (κ2) is 11.2. The van der Waals surface area contributed by atoms with Crippen LogP contribution in [0.3, 0.4) is 0 Å². The second-order valence-electron chi connectivity index (χ2n) is 13.3. The number of hydrogen-bond acceptors (Lipinski definition) is 4. The molecule has 3 aliphatic rings. The third-order valence-electron chi connectivity index (χ3n) is 11.2. The Hall–Kier alpha value is -2.25. The summed E-state index contributed by atoms with van der Waals surface area (Å²) in [6.07, 6.45) is 7.54. The van der Waals surface area contributed by atoms with Crippen molar-refractivity contribution in [2.45, 2.75) is 109 Å². The number of carboxylic acid groups (broad SMARTS) is 1. The molecule has 0 amide bonds. The average molecular weight is 553 g/mol. The maximum atomic E-state index is 14.3. The highest BCUT2D eigenvalue weighted by Crippen LogP contribution is 2.49. The molecule has 2 aromatic rings. The monoisotopic (exact) mass is 552 g/mol. The number of carbonyl (C=O) groups is 1. The van der Waals surface area contributed by atoms with E-state index in [1.54, 1.807) is 6.07 Å². The molecule has 4 atom stereocenters. The Labute approximate surface area is 239 Å². The molecule has 1 N–H and O–H groups in total. The summed E-state index contributed by atoms with van der Waals surface area (Å²) < 4.78 is 16.6. The number of likely N-dealkylation sites (N-methyl/N-ethyl adjacent to an activating group) is 1. The Morgan fingerprint density at radius 1 is 1.23 bits per heavy atom. The number of carboxylic acids is 1. The number of aliphatic carboxylic acids is 1. The highest BCUT2D eigenvalue weighted by Gasteiger charge is 2.49. The van der Waals surface area contributed by atoms with Gasteiger partial charge in [0.15, 0.2) is 0 Å². The van der Waals surface area contributed by atoms with Gasteiger partial charge in [-0.2, -0.15) is 5.10 Å². The van der Waals surface area contributed by atoms with E-state index in [9.17, 15) is 14.3 Å². The number of hydrogen-bond donors (Lipinski definition) is 1. The van der Waals surface area contributed by atoms with E-state index >= 15 is 0 Å². The Morgan fingerprint density at radius 3 is 2.55 bits per heavy atom. The van der Waals surface area contributed by atoms with Crippen LogP contribution in [0.2, 0.25) is 0 Å². The van der Waals surface area contributed by atoms with Gasteiger partial charge in [-0.05, 0) is 120 Å². The van der Waals surface area contributed by atoms with Crippen LogP contribution in [-0.2, 0) is 29.6 Å². The number of piperidine rings is 1. The van der Waals surface area contributed by atoms with Gasteiger partial charge in [0.1, 0.15) is 11.4 Å². The fourth-order valence-corrected chi connectivity index (χ4v) is 8.33. The Morgan fingerprint density at radius 2 is 1.95 bits per heavy atom. The topological polar surface area (TPSA) is 61.6 Å². The maximum absolute atomic E-state index is 14.3.